The Morgan fingerprint density at radius 3 is 2.68 bits per heavy atom. The van der Waals surface area contributed by atoms with Crippen molar-refractivity contribution in [1.29, 1.82) is 0 Å². The number of aromatic nitrogens is 3. The standard InChI is InChI=1S/C16H17N3OS2/c1-11(20-3)22-16-18-13(12-7-5-4-6-8-12)14(19(16)2)15-17-9-10-21-15/h4-11H,1-3H3. The first-order chi connectivity index (χ1) is 10.7. The van der Waals surface area contributed by atoms with Crippen LogP contribution in [-0.4, -0.2) is 27.1 Å². The highest BCUT2D eigenvalue weighted by Gasteiger charge is 2.21. The molecule has 1 atom stereocenters. The molecule has 0 spiro atoms. The van der Waals surface area contributed by atoms with Crippen LogP contribution in [0, 0.1) is 0 Å². The lowest BCUT2D eigenvalue weighted by Crippen LogP contribution is -2.02. The van der Waals surface area contributed by atoms with Crippen LogP contribution in [0.1, 0.15) is 6.92 Å². The third kappa shape index (κ3) is 2.95. The van der Waals surface area contributed by atoms with E-state index in [0.717, 1.165) is 27.1 Å². The van der Waals surface area contributed by atoms with E-state index in [1.165, 1.54) is 0 Å². The van der Waals surface area contributed by atoms with Gasteiger partial charge in [0.05, 0.1) is 0 Å². The molecule has 0 fully saturated rings. The van der Waals surface area contributed by atoms with E-state index in [9.17, 15) is 0 Å². The molecule has 2 aromatic heterocycles. The zero-order valence-corrected chi connectivity index (χ0v) is 14.3. The lowest BCUT2D eigenvalue weighted by molar-refractivity contribution is 0.187. The number of ether oxygens (including phenoxy) is 1. The van der Waals surface area contributed by atoms with Gasteiger partial charge < -0.3 is 9.30 Å². The normalized spacial score (nSPS) is 12.5. The average molecular weight is 331 g/mol. The summed E-state index contributed by atoms with van der Waals surface area (Å²) < 4.78 is 7.45. The van der Waals surface area contributed by atoms with Gasteiger partial charge >= 0.3 is 0 Å². The zero-order valence-electron chi connectivity index (χ0n) is 12.7. The number of methoxy groups -OCH3 is 1. The predicted octanol–water partition coefficient (Wildman–Crippen LogP) is 4.30. The molecule has 0 bridgehead atoms. The van der Waals surface area contributed by atoms with Gasteiger partial charge in [0.2, 0.25) is 0 Å². The highest BCUT2D eigenvalue weighted by molar-refractivity contribution is 7.99. The molecule has 2 heterocycles. The van der Waals surface area contributed by atoms with Crippen LogP contribution in [0.3, 0.4) is 0 Å². The minimum atomic E-state index is 0.0499. The summed E-state index contributed by atoms with van der Waals surface area (Å²) in [6, 6.07) is 10.2. The second-order valence-electron chi connectivity index (χ2n) is 4.78. The summed E-state index contributed by atoms with van der Waals surface area (Å²) in [4.78, 5) is 9.30. The van der Waals surface area contributed by atoms with Crippen molar-refractivity contribution in [2.45, 2.75) is 17.5 Å². The highest BCUT2D eigenvalue weighted by atomic mass is 32.2. The molecule has 0 amide bonds. The molecule has 0 aliphatic rings. The van der Waals surface area contributed by atoms with E-state index in [2.05, 4.69) is 21.7 Å². The van der Waals surface area contributed by atoms with Gasteiger partial charge in [0, 0.05) is 31.3 Å². The van der Waals surface area contributed by atoms with Crippen molar-refractivity contribution < 1.29 is 4.74 Å². The van der Waals surface area contributed by atoms with Gasteiger partial charge in [-0.2, -0.15) is 0 Å². The number of hydrogen-bond acceptors (Lipinski definition) is 5. The first-order valence-corrected chi connectivity index (χ1v) is 8.68. The molecule has 114 valence electrons. The Morgan fingerprint density at radius 2 is 2.05 bits per heavy atom. The van der Waals surface area contributed by atoms with E-state index in [-0.39, 0.29) is 5.44 Å². The Balaban J connectivity index is 2.13. The minimum absolute atomic E-state index is 0.0499. The van der Waals surface area contributed by atoms with Crippen molar-refractivity contribution in [3.8, 4) is 22.0 Å². The molecule has 3 aromatic rings. The van der Waals surface area contributed by atoms with Crippen molar-refractivity contribution in [2.75, 3.05) is 7.11 Å². The van der Waals surface area contributed by atoms with Gasteiger partial charge in [0.1, 0.15) is 21.8 Å². The van der Waals surface area contributed by atoms with Gasteiger partial charge in [-0.1, -0.05) is 42.1 Å². The second kappa shape index (κ2) is 6.64. The number of benzene rings is 1. The fourth-order valence-corrected chi connectivity index (χ4v) is 3.67. The summed E-state index contributed by atoms with van der Waals surface area (Å²) in [5, 5.41) is 3.89. The van der Waals surface area contributed by atoms with Crippen LogP contribution in [-0.2, 0) is 11.8 Å². The van der Waals surface area contributed by atoms with Crippen LogP contribution in [0.2, 0.25) is 0 Å². The number of imidazole rings is 1. The highest BCUT2D eigenvalue weighted by Crippen LogP contribution is 2.36. The molecule has 0 aliphatic carbocycles. The van der Waals surface area contributed by atoms with E-state index in [0.29, 0.717) is 0 Å². The monoisotopic (exact) mass is 331 g/mol. The molecule has 1 unspecified atom stereocenters. The molecule has 0 aliphatic heterocycles. The summed E-state index contributed by atoms with van der Waals surface area (Å²) in [7, 11) is 3.74. The summed E-state index contributed by atoms with van der Waals surface area (Å²) in [5.41, 5.74) is 3.16. The molecule has 0 saturated heterocycles. The van der Waals surface area contributed by atoms with Crippen LogP contribution in [0.15, 0.2) is 47.1 Å². The first-order valence-electron chi connectivity index (χ1n) is 6.92. The number of thioether (sulfide) groups is 1. The summed E-state index contributed by atoms with van der Waals surface area (Å²) in [5.74, 6) is 0. The molecule has 0 radical (unpaired) electrons. The number of thiazole rings is 1. The molecule has 0 saturated carbocycles. The molecule has 0 N–H and O–H groups in total. The third-order valence-corrected chi connectivity index (χ3v) is 5.22. The van der Waals surface area contributed by atoms with E-state index in [1.807, 2.05) is 43.7 Å². The van der Waals surface area contributed by atoms with Gasteiger partial charge in [-0.25, -0.2) is 9.97 Å². The Hall–Kier alpha value is -1.63. The average Bonchev–Trinajstić information content (AvgIpc) is 3.17. The van der Waals surface area contributed by atoms with E-state index < -0.39 is 0 Å². The topological polar surface area (TPSA) is 39.9 Å². The Kier molecular flexibility index (Phi) is 4.61. The number of rotatable bonds is 5. The smallest absolute Gasteiger partial charge is 0.171 e. The Labute approximate surface area is 138 Å². The van der Waals surface area contributed by atoms with Gasteiger partial charge in [0.15, 0.2) is 5.16 Å². The van der Waals surface area contributed by atoms with Gasteiger partial charge in [-0.3, -0.25) is 0 Å². The van der Waals surface area contributed by atoms with Crippen LogP contribution in [0.25, 0.3) is 22.0 Å². The quantitative estimate of drug-likeness (QED) is 0.516. The van der Waals surface area contributed by atoms with Crippen LogP contribution >= 0.6 is 23.1 Å². The summed E-state index contributed by atoms with van der Waals surface area (Å²) in [6.45, 7) is 2.02. The van der Waals surface area contributed by atoms with Gasteiger partial charge in [-0.15, -0.1) is 11.3 Å². The maximum Gasteiger partial charge on any atom is 0.171 e. The maximum absolute atomic E-state index is 5.35. The van der Waals surface area contributed by atoms with Crippen molar-refractivity contribution in [2.24, 2.45) is 7.05 Å². The molecule has 3 rings (SSSR count). The summed E-state index contributed by atoms with van der Waals surface area (Å²) >= 11 is 3.23. The Bertz CT molecular complexity index is 738. The van der Waals surface area contributed by atoms with Crippen LogP contribution in [0.5, 0.6) is 0 Å². The molecule has 4 nitrogen and oxygen atoms in total. The largest absolute Gasteiger partial charge is 0.371 e. The third-order valence-electron chi connectivity index (χ3n) is 3.34. The molecular formula is C16H17N3OS2. The summed E-state index contributed by atoms with van der Waals surface area (Å²) in [6.07, 6.45) is 1.83. The van der Waals surface area contributed by atoms with Crippen molar-refractivity contribution in [3.05, 3.63) is 41.9 Å². The van der Waals surface area contributed by atoms with Crippen molar-refractivity contribution in [1.82, 2.24) is 14.5 Å². The molecule has 1 aromatic carbocycles. The SMILES string of the molecule is COC(C)Sc1nc(-c2ccccc2)c(-c2nccs2)n1C. The maximum atomic E-state index is 5.35. The molecule has 6 heteroatoms. The fourth-order valence-electron chi connectivity index (χ4n) is 2.16. The van der Waals surface area contributed by atoms with E-state index >= 15 is 0 Å². The van der Waals surface area contributed by atoms with Crippen molar-refractivity contribution >= 4 is 23.1 Å². The number of hydrogen-bond donors (Lipinski definition) is 0. The van der Waals surface area contributed by atoms with Gasteiger partial charge in [0.25, 0.3) is 0 Å². The lowest BCUT2D eigenvalue weighted by Gasteiger charge is -2.08. The predicted molar refractivity (Wildman–Crippen MR) is 92.1 cm³/mol. The van der Waals surface area contributed by atoms with Gasteiger partial charge in [-0.05, 0) is 6.92 Å². The first kappa shape index (κ1) is 15.3. The lowest BCUT2D eigenvalue weighted by atomic mass is 10.1. The van der Waals surface area contributed by atoms with E-state index in [1.54, 1.807) is 30.2 Å². The number of nitrogens with zero attached hydrogens (tertiary/aromatic N) is 3. The van der Waals surface area contributed by atoms with Crippen LogP contribution in [0.4, 0.5) is 0 Å². The van der Waals surface area contributed by atoms with E-state index in [4.69, 9.17) is 9.72 Å². The minimum Gasteiger partial charge on any atom is -0.371 e. The van der Waals surface area contributed by atoms with Crippen molar-refractivity contribution in [3.63, 3.8) is 0 Å². The molecular weight excluding hydrogens is 314 g/mol. The fraction of sp³-hybridized carbons (Fsp3) is 0.250. The second-order valence-corrected chi connectivity index (χ2v) is 6.93. The molecule has 22 heavy (non-hydrogen) atoms. The Morgan fingerprint density at radius 1 is 1.27 bits per heavy atom. The zero-order chi connectivity index (χ0) is 15.5. The van der Waals surface area contributed by atoms with Crippen LogP contribution < -0.4 is 0 Å².